The van der Waals surface area contributed by atoms with Crippen molar-refractivity contribution in [3.05, 3.63) is 34.2 Å². The topological polar surface area (TPSA) is 105 Å². The molecule has 7 nitrogen and oxygen atoms in total. The normalized spacial score (nSPS) is 11.8. The van der Waals surface area contributed by atoms with Crippen molar-refractivity contribution < 1.29 is 24.2 Å². The molecule has 0 aliphatic carbocycles. The van der Waals surface area contributed by atoms with E-state index in [4.69, 9.17) is 16.7 Å². The zero-order valence-electron chi connectivity index (χ0n) is 12.7. The van der Waals surface area contributed by atoms with E-state index in [0.717, 1.165) is 17.2 Å². The largest absolute Gasteiger partial charge is 0.467 e. The Bertz CT molecular complexity index is 776. The molecule has 0 saturated heterocycles. The number of nitrogens with one attached hydrogen (secondary N) is 2. The van der Waals surface area contributed by atoms with E-state index in [2.05, 4.69) is 15.4 Å². The predicted molar refractivity (Wildman–Crippen MR) is 90.2 cm³/mol. The first-order valence-electron chi connectivity index (χ1n) is 6.91. The van der Waals surface area contributed by atoms with Crippen molar-refractivity contribution >= 4 is 50.8 Å². The summed E-state index contributed by atoms with van der Waals surface area (Å²) in [6.07, 6.45) is 0. The molecule has 9 heteroatoms. The molecule has 2 rings (SSSR count). The fourth-order valence-electron chi connectivity index (χ4n) is 1.97. The second-order valence-electron chi connectivity index (χ2n) is 4.75. The van der Waals surface area contributed by atoms with Gasteiger partial charge < -0.3 is 20.5 Å². The molecule has 0 radical (unpaired) electrons. The standard InChI is InChI=1S/C15H15ClN2O5S/c1-23-15(22)9(7-19)18-11(20)6-17-14(21)13-12(16)8-4-2-3-5-10(8)24-13/h2-5,9,19H,6-7H2,1H3,(H,17,21)(H,18,20)/t9-/m1/s1. The number of aliphatic hydroxyl groups excluding tert-OH is 1. The van der Waals surface area contributed by atoms with Crippen LogP contribution in [0.5, 0.6) is 0 Å². The van der Waals surface area contributed by atoms with Gasteiger partial charge in [-0.3, -0.25) is 9.59 Å². The highest BCUT2D eigenvalue weighted by Gasteiger charge is 2.21. The van der Waals surface area contributed by atoms with Crippen molar-refractivity contribution in [3.63, 3.8) is 0 Å². The van der Waals surface area contributed by atoms with Gasteiger partial charge in [-0.05, 0) is 6.07 Å². The maximum Gasteiger partial charge on any atom is 0.330 e. The molecule has 0 aliphatic rings. The van der Waals surface area contributed by atoms with Crippen LogP contribution in [0.1, 0.15) is 9.67 Å². The molecule has 2 amide bonds. The van der Waals surface area contributed by atoms with Crippen molar-refractivity contribution in [3.8, 4) is 0 Å². The number of methoxy groups -OCH3 is 1. The summed E-state index contributed by atoms with van der Waals surface area (Å²) in [6.45, 7) is -0.967. The number of aliphatic hydroxyl groups is 1. The van der Waals surface area contributed by atoms with Gasteiger partial charge >= 0.3 is 5.97 Å². The second kappa shape index (κ2) is 8.09. The molecule has 0 spiro atoms. The van der Waals surface area contributed by atoms with Crippen molar-refractivity contribution in [1.82, 2.24) is 10.6 Å². The number of thiophene rings is 1. The van der Waals surface area contributed by atoms with Gasteiger partial charge in [0.1, 0.15) is 4.88 Å². The minimum atomic E-state index is -1.17. The third kappa shape index (κ3) is 4.02. The van der Waals surface area contributed by atoms with Crippen LogP contribution < -0.4 is 10.6 Å². The van der Waals surface area contributed by atoms with Crippen LogP contribution in [0.4, 0.5) is 0 Å². The summed E-state index contributed by atoms with van der Waals surface area (Å²) >= 11 is 7.41. The Morgan fingerprint density at radius 3 is 2.67 bits per heavy atom. The Morgan fingerprint density at radius 1 is 1.33 bits per heavy atom. The molecule has 24 heavy (non-hydrogen) atoms. The van der Waals surface area contributed by atoms with Crippen molar-refractivity contribution in [2.24, 2.45) is 0 Å². The molecule has 128 valence electrons. The van der Waals surface area contributed by atoms with Crippen LogP contribution in [0.25, 0.3) is 10.1 Å². The van der Waals surface area contributed by atoms with Crippen LogP contribution in [0.15, 0.2) is 24.3 Å². The number of ether oxygens (including phenoxy) is 1. The fourth-order valence-corrected chi connectivity index (χ4v) is 3.40. The van der Waals surface area contributed by atoms with Crippen molar-refractivity contribution in [1.29, 1.82) is 0 Å². The van der Waals surface area contributed by atoms with E-state index in [0.29, 0.717) is 9.90 Å². The van der Waals surface area contributed by atoms with Crippen LogP contribution in [-0.4, -0.2) is 49.2 Å². The highest BCUT2D eigenvalue weighted by Crippen LogP contribution is 2.34. The van der Waals surface area contributed by atoms with Crippen LogP contribution in [-0.2, 0) is 14.3 Å². The lowest BCUT2D eigenvalue weighted by atomic mass is 10.2. The highest BCUT2D eigenvalue weighted by molar-refractivity contribution is 7.21. The van der Waals surface area contributed by atoms with Gasteiger partial charge in [-0.2, -0.15) is 0 Å². The summed E-state index contributed by atoms with van der Waals surface area (Å²) in [4.78, 5) is 35.5. The molecule has 3 N–H and O–H groups in total. The number of hydrogen-bond acceptors (Lipinski definition) is 6. The second-order valence-corrected chi connectivity index (χ2v) is 6.18. The first-order chi connectivity index (χ1) is 11.5. The summed E-state index contributed by atoms with van der Waals surface area (Å²) in [5.74, 6) is -1.90. The van der Waals surface area contributed by atoms with Gasteiger partial charge in [0.2, 0.25) is 5.91 Å². The number of halogens is 1. The lowest BCUT2D eigenvalue weighted by Gasteiger charge is -2.13. The maximum atomic E-state index is 12.2. The number of fused-ring (bicyclic) bond motifs is 1. The molecule has 1 aromatic carbocycles. The highest BCUT2D eigenvalue weighted by atomic mass is 35.5. The Morgan fingerprint density at radius 2 is 2.04 bits per heavy atom. The zero-order chi connectivity index (χ0) is 17.7. The average Bonchev–Trinajstić information content (AvgIpc) is 2.94. The molecule has 0 fully saturated rings. The Balaban J connectivity index is 1.98. The fraction of sp³-hybridized carbons (Fsp3) is 0.267. The summed E-state index contributed by atoms with van der Waals surface area (Å²) in [5.41, 5.74) is 0. The number of benzene rings is 1. The smallest absolute Gasteiger partial charge is 0.330 e. The SMILES string of the molecule is COC(=O)[C@@H](CO)NC(=O)CNC(=O)c1sc2ccccc2c1Cl. The zero-order valence-corrected chi connectivity index (χ0v) is 14.2. The van der Waals surface area contributed by atoms with Gasteiger partial charge in [0.25, 0.3) is 5.91 Å². The number of rotatable bonds is 6. The van der Waals surface area contributed by atoms with Crippen LogP contribution in [0.2, 0.25) is 5.02 Å². The molecular weight excluding hydrogens is 356 g/mol. The van der Waals surface area contributed by atoms with Crippen LogP contribution in [0, 0.1) is 0 Å². The molecule has 0 aliphatic heterocycles. The lowest BCUT2D eigenvalue weighted by Crippen LogP contribution is -2.47. The number of esters is 1. The Hall–Kier alpha value is -2.16. The number of carbonyl (C=O) groups is 3. The minimum absolute atomic E-state index is 0.303. The molecule has 0 bridgehead atoms. The number of amides is 2. The molecule has 1 atom stereocenters. The van der Waals surface area contributed by atoms with Gasteiger partial charge in [0, 0.05) is 10.1 Å². The van der Waals surface area contributed by atoms with E-state index in [1.54, 1.807) is 6.07 Å². The third-order valence-electron chi connectivity index (χ3n) is 3.15. The van der Waals surface area contributed by atoms with E-state index in [1.165, 1.54) is 11.3 Å². The Labute approximate surface area is 146 Å². The number of carbonyl (C=O) groups excluding carboxylic acids is 3. The Kier molecular flexibility index (Phi) is 6.13. The summed E-state index contributed by atoms with van der Waals surface area (Å²) in [6, 6.07) is 6.13. The number of hydrogen-bond donors (Lipinski definition) is 3. The molecule has 0 unspecified atom stereocenters. The molecule has 2 aromatic rings. The van der Waals surface area contributed by atoms with Gasteiger partial charge in [0.15, 0.2) is 6.04 Å². The monoisotopic (exact) mass is 370 g/mol. The van der Waals surface area contributed by atoms with Crippen molar-refractivity contribution in [2.75, 3.05) is 20.3 Å². The molecule has 1 heterocycles. The predicted octanol–water partition coefficient (Wildman–Crippen LogP) is 0.935. The van der Waals surface area contributed by atoms with Gasteiger partial charge in [0.05, 0.1) is 25.3 Å². The summed E-state index contributed by atoms with van der Waals surface area (Å²) in [5, 5.41) is 14.8. The van der Waals surface area contributed by atoms with E-state index in [9.17, 15) is 14.4 Å². The quantitative estimate of drug-likeness (QED) is 0.656. The van der Waals surface area contributed by atoms with Crippen LogP contribution in [0.3, 0.4) is 0 Å². The lowest BCUT2D eigenvalue weighted by molar-refractivity contribution is -0.146. The van der Waals surface area contributed by atoms with E-state index < -0.39 is 30.4 Å². The summed E-state index contributed by atoms with van der Waals surface area (Å²) in [7, 11) is 1.14. The van der Waals surface area contributed by atoms with E-state index in [1.807, 2.05) is 18.2 Å². The van der Waals surface area contributed by atoms with E-state index in [-0.39, 0.29) is 6.54 Å². The molecule has 0 saturated carbocycles. The minimum Gasteiger partial charge on any atom is -0.467 e. The first-order valence-corrected chi connectivity index (χ1v) is 8.10. The summed E-state index contributed by atoms with van der Waals surface area (Å²) < 4.78 is 5.30. The van der Waals surface area contributed by atoms with Gasteiger partial charge in [-0.25, -0.2) is 4.79 Å². The van der Waals surface area contributed by atoms with Gasteiger partial charge in [-0.15, -0.1) is 11.3 Å². The first kappa shape index (κ1) is 18.2. The van der Waals surface area contributed by atoms with Gasteiger partial charge in [-0.1, -0.05) is 29.8 Å². The molecular formula is C15H15ClN2O5S. The van der Waals surface area contributed by atoms with E-state index >= 15 is 0 Å². The third-order valence-corrected chi connectivity index (χ3v) is 4.83. The van der Waals surface area contributed by atoms with Crippen molar-refractivity contribution in [2.45, 2.75) is 6.04 Å². The molecule has 1 aromatic heterocycles. The maximum absolute atomic E-state index is 12.2. The average molecular weight is 371 g/mol. The van der Waals surface area contributed by atoms with Crippen LogP contribution >= 0.6 is 22.9 Å².